The van der Waals surface area contributed by atoms with Crippen LogP contribution in [0.2, 0.25) is 0 Å². The third-order valence-corrected chi connectivity index (χ3v) is 4.97. The Morgan fingerprint density at radius 1 is 1.21 bits per heavy atom. The highest BCUT2D eigenvalue weighted by molar-refractivity contribution is 5.96. The van der Waals surface area contributed by atoms with Crippen molar-refractivity contribution in [2.75, 3.05) is 26.7 Å². The van der Waals surface area contributed by atoms with Gasteiger partial charge in [0.2, 0.25) is 5.91 Å². The van der Waals surface area contributed by atoms with Gasteiger partial charge in [0.1, 0.15) is 0 Å². The van der Waals surface area contributed by atoms with Gasteiger partial charge in [0.25, 0.3) is 0 Å². The number of carboxylic acid groups (broad SMARTS) is 1. The number of hydrogen-bond acceptors (Lipinski definition) is 5. The minimum Gasteiger partial charge on any atom is -0.480 e. The number of likely N-dealkylation sites (N-methyl/N-ethyl adjacent to an activating group) is 1. The number of imide groups is 1. The summed E-state index contributed by atoms with van der Waals surface area (Å²) in [5.74, 6) is -1.17. The average molecular weight is 413 g/mol. The molecule has 3 N–H and O–H groups in total. The van der Waals surface area contributed by atoms with Gasteiger partial charge in [-0.2, -0.15) is 0 Å². The van der Waals surface area contributed by atoms with Crippen LogP contribution in [0.5, 0.6) is 0 Å². The predicted octanol–water partition coefficient (Wildman–Crippen LogP) is 1.30. The monoisotopic (exact) mass is 412 g/mol. The maximum atomic E-state index is 12.3. The van der Waals surface area contributed by atoms with Gasteiger partial charge in [0, 0.05) is 25.7 Å². The van der Waals surface area contributed by atoms with Gasteiger partial charge in [0.05, 0.1) is 12.6 Å². The van der Waals surface area contributed by atoms with Crippen LogP contribution < -0.4 is 10.6 Å². The van der Waals surface area contributed by atoms with Gasteiger partial charge in [-0.25, -0.2) is 4.79 Å². The highest BCUT2D eigenvalue weighted by Gasteiger charge is 2.29. The lowest BCUT2D eigenvalue weighted by atomic mass is 10.0. The van der Waals surface area contributed by atoms with Gasteiger partial charge in [-0.05, 0) is 32.4 Å². The van der Waals surface area contributed by atoms with E-state index in [0.29, 0.717) is 19.6 Å². The number of piperidine rings is 1. The second-order valence-electron chi connectivity index (χ2n) is 6.91. The molecule has 3 amide bonds. The Morgan fingerprint density at radius 3 is 2.39 bits per heavy atom. The second-order valence-corrected chi connectivity index (χ2v) is 6.91. The Morgan fingerprint density at radius 2 is 1.82 bits per heavy atom. The van der Waals surface area contributed by atoms with E-state index in [1.807, 2.05) is 47.2 Å². The highest BCUT2D eigenvalue weighted by Crippen LogP contribution is 2.17. The van der Waals surface area contributed by atoms with Crippen LogP contribution >= 0.6 is 12.4 Å². The standard InChI is InChI=1S/C19H28N4O4.ClH/c1-14(23-10-8-16(9-11-23)22(2)13-17(24)25)18(26)21-19(27)20-12-15-6-4-3-5-7-15;/h3-7,14,16H,8-13H2,1-2H3,(H,24,25)(H2,20,21,26,27);1H. The van der Waals surface area contributed by atoms with Gasteiger partial charge in [-0.15, -0.1) is 12.4 Å². The molecule has 9 heteroatoms. The summed E-state index contributed by atoms with van der Waals surface area (Å²) in [5, 5.41) is 13.9. The Bertz CT molecular complexity index is 651. The molecule has 1 aromatic carbocycles. The van der Waals surface area contributed by atoms with Crippen molar-refractivity contribution in [2.24, 2.45) is 0 Å². The first-order chi connectivity index (χ1) is 12.9. The number of benzene rings is 1. The summed E-state index contributed by atoms with van der Waals surface area (Å²) in [7, 11) is 1.81. The van der Waals surface area contributed by atoms with Crippen molar-refractivity contribution >= 4 is 30.3 Å². The van der Waals surface area contributed by atoms with Gasteiger partial charge < -0.3 is 10.4 Å². The van der Waals surface area contributed by atoms with Crippen molar-refractivity contribution in [3.63, 3.8) is 0 Å². The van der Waals surface area contributed by atoms with Crippen LogP contribution in [0.25, 0.3) is 0 Å². The molecule has 0 bridgehead atoms. The van der Waals surface area contributed by atoms with Crippen LogP contribution in [0.3, 0.4) is 0 Å². The molecule has 1 saturated heterocycles. The zero-order valence-corrected chi connectivity index (χ0v) is 17.1. The number of hydrogen-bond donors (Lipinski definition) is 3. The Labute approximate surface area is 171 Å². The molecule has 1 heterocycles. The fourth-order valence-corrected chi connectivity index (χ4v) is 3.26. The molecule has 1 atom stereocenters. The predicted molar refractivity (Wildman–Crippen MR) is 108 cm³/mol. The van der Waals surface area contributed by atoms with E-state index >= 15 is 0 Å². The third-order valence-electron chi connectivity index (χ3n) is 4.97. The molecule has 0 aromatic heterocycles. The van der Waals surface area contributed by atoms with Crippen molar-refractivity contribution in [3.05, 3.63) is 35.9 Å². The summed E-state index contributed by atoms with van der Waals surface area (Å²) in [6.07, 6.45) is 1.59. The van der Waals surface area contributed by atoms with Crippen molar-refractivity contribution in [3.8, 4) is 0 Å². The van der Waals surface area contributed by atoms with E-state index in [-0.39, 0.29) is 30.9 Å². The first-order valence-electron chi connectivity index (χ1n) is 9.15. The zero-order chi connectivity index (χ0) is 19.8. The largest absolute Gasteiger partial charge is 0.480 e. The Kier molecular flexibility index (Phi) is 9.92. The van der Waals surface area contributed by atoms with Crippen LogP contribution in [0, 0.1) is 0 Å². The lowest BCUT2D eigenvalue weighted by molar-refractivity contribution is -0.138. The van der Waals surface area contributed by atoms with Gasteiger partial charge in [-0.1, -0.05) is 30.3 Å². The third kappa shape index (κ3) is 7.46. The van der Waals surface area contributed by atoms with Crippen molar-refractivity contribution in [1.29, 1.82) is 0 Å². The number of likely N-dealkylation sites (tertiary alicyclic amines) is 1. The first kappa shape index (κ1) is 23.9. The summed E-state index contributed by atoms with van der Waals surface area (Å²) in [6, 6.07) is 8.75. The van der Waals surface area contributed by atoms with Crippen molar-refractivity contribution in [1.82, 2.24) is 20.4 Å². The maximum absolute atomic E-state index is 12.3. The topological polar surface area (TPSA) is 102 Å². The lowest BCUT2D eigenvalue weighted by Gasteiger charge is -2.38. The van der Waals surface area contributed by atoms with Crippen LogP contribution in [-0.2, 0) is 16.1 Å². The number of rotatable bonds is 7. The van der Waals surface area contributed by atoms with Crippen molar-refractivity contribution in [2.45, 2.75) is 38.4 Å². The maximum Gasteiger partial charge on any atom is 0.321 e. The average Bonchev–Trinajstić information content (AvgIpc) is 2.66. The second kappa shape index (κ2) is 11.6. The summed E-state index contributed by atoms with van der Waals surface area (Å²) in [4.78, 5) is 38.9. The molecule has 1 fully saturated rings. The summed E-state index contributed by atoms with van der Waals surface area (Å²) < 4.78 is 0. The number of urea groups is 1. The fourth-order valence-electron chi connectivity index (χ4n) is 3.26. The molecule has 28 heavy (non-hydrogen) atoms. The summed E-state index contributed by atoms with van der Waals surface area (Å²) in [5.41, 5.74) is 0.959. The fraction of sp³-hybridized carbons (Fsp3) is 0.526. The van der Waals surface area contributed by atoms with E-state index in [9.17, 15) is 14.4 Å². The number of carboxylic acids is 1. The van der Waals surface area contributed by atoms with Crippen LogP contribution in [0.1, 0.15) is 25.3 Å². The number of nitrogens with zero attached hydrogens (tertiary/aromatic N) is 2. The molecular weight excluding hydrogens is 384 g/mol. The SMILES string of the molecule is CC(C(=O)NC(=O)NCc1ccccc1)N1CCC(N(C)CC(=O)O)CC1.Cl. The molecule has 0 saturated carbocycles. The minimum atomic E-state index is -0.839. The molecule has 1 unspecified atom stereocenters. The van der Waals surface area contributed by atoms with Gasteiger partial charge in [0.15, 0.2) is 0 Å². The molecule has 0 spiro atoms. The van der Waals surface area contributed by atoms with Gasteiger partial charge in [-0.3, -0.25) is 24.7 Å². The van der Waals surface area contributed by atoms with E-state index in [2.05, 4.69) is 10.6 Å². The van der Waals surface area contributed by atoms with E-state index in [0.717, 1.165) is 18.4 Å². The van der Waals surface area contributed by atoms with Crippen molar-refractivity contribution < 1.29 is 19.5 Å². The molecule has 8 nitrogen and oxygen atoms in total. The zero-order valence-electron chi connectivity index (χ0n) is 16.3. The van der Waals surface area contributed by atoms with E-state index < -0.39 is 18.0 Å². The highest BCUT2D eigenvalue weighted by atomic mass is 35.5. The number of halogens is 1. The normalized spacial score (nSPS) is 16.1. The van der Waals surface area contributed by atoms with E-state index in [1.54, 1.807) is 6.92 Å². The van der Waals surface area contributed by atoms with E-state index in [1.165, 1.54) is 0 Å². The summed E-state index contributed by atoms with van der Waals surface area (Å²) in [6.45, 7) is 3.53. The minimum absolute atomic E-state index is 0. The number of nitrogens with one attached hydrogen (secondary N) is 2. The number of carbonyl (C=O) groups is 3. The Balaban J connectivity index is 0.00000392. The van der Waals surface area contributed by atoms with Crippen LogP contribution in [0.4, 0.5) is 4.79 Å². The molecule has 1 aliphatic rings. The number of amides is 3. The van der Waals surface area contributed by atoms with Crippen LogP contribution in [-0.4, -0.2) is 71.6 Å². The molecule has 2 rings (SSSR count). The summed E-state index contributed by atoms with van der Waals surface area (Å²) >= 11 is 0. The Hall–Kier alpha value is -2.16. The molecule has 0 radical (unpaired) electrons. The molecule has 1 aliphatic heterocycles. The molecular formula is C19H29ClN4O4. The molecule has 156 valence electrons. The number of aliphatic carboxylic acids is 1. The first-order valence-corrected chi connectivity index (χ1v) is 9.15. The molecule has 0 aliphatic carbocycles. The smallest absolute Gasteiger partial charge is 0.321 e. The van der Waals surface area contributed by atoms with Gasteiger partial charge >= 0.3 is 12.0 Å². The lowest BCUT2D eigenvalue weighted by Crippen LogP contribution is -2.53. The van der Waals surface area contributed by atoms with E-state index in [4.69, 9.17) is 5.11 Å². The number of carbonyl (C=O) groups excluding carboxylic acids is 2. The molecule has 1 aromatic rings. The quantitative estimate of drug-likeness (QED) is 0.624. The van der Waals surface area contributed by atoms with Crippen LogP contribution in [0.15, 0.2) is 30.3 Å².